The van der Waals surface area contributed by atoms with Gasteiger partial charge in [-0.3, -0.25) is 9.69 Å². The highest BCUT2D eigenvalue weighted by Gasteiger charge is 2.31. The molecule has 0 aliphatic carbocycles. The first-order valence-corrected chi connectivity index (χ1v) is 6.89. The number of likely N-dealkylation sites (N-methyl/N-ethyl adjacent to an activating group) is 2. The van der Waals surface area contributed by atoms with E-state index in [1.165, 1.54) is 6.07 Å². The quantitative estimate of drug-likeness (QED) is 0.832. The summed E-state index contributed by atoms with van der Waals surface area (Å²) in [6.07, 6.45) is 0. The Labute approximate surface area is 119 Å². The molecular formula is C15H22FN3O. The Kier molecular flexibility index (Phi) is 4.73. The number of rotatable bonds is 3. The molecule has 0 saturated carbocycles. The molecule has 1 aliphatic rings. The molecule has 0 aromatic heterocycles. The Bertz CT molecular complexity index is 470. The fourth-order valence-corrected chi connectivity index (χ4v) is 2.53. The maximum atomic E-state index is 14.0. The van der Waals surface area contributed by atoms with Gasteiger partial charge in [-0.2, -0.15) is 0 Å². The minimum Gasteiger partial charge on any atom is -0.338 e. The van der Waals surface area contributed by atoms with Crippen molar-refractivity contribution >= 4 is 5.91 Å². The van der Waals surface area contributed by atoms with Gasteiger partial charge in [-0.05, 0) is 27.2 Å². The zero-order chi connectivity index (χ0) is 14.7. The van der Waals surface area contributed by atoms with E-state index < -0.39 is 6.04 Å². The van der Waals surface area contributed by atoms with Crippen LogP contribution in [-0.4, -0.2) is 67.9 Å². The lowest BCUT2D eigenvalue weighted by Gasteiger charge is -2.36. The Morgan fingerprint density at radius 1 is 1.20 bits per heavy atom. The van der Waals surface area contributed by atoms with Gasteiger partial charge in [0.2, 0.25) is 5.91 Å². The second-order valence-corrected chi connectivity index (χ2v) is 5.52. The van der Waals surface area contributed by atoms with Gasteiger partial charge in [-0.25, -0.2) is 4.39 Å². The molecule has 0 bridgehead atoms. The fraction of sp³-hybridized carbons (Fsp3) is 0.533. The van der Waals surface area contributed by atoms with Crippen LogP contribution in [0.2, 0.25) is 0 Å². The SMILES string of the molecule is CN1CCN(C(=O)C(c2ccccc2F)N(C)C)CC1. The van der Waals surface area contributed by atoms with Crippen molar-refractivity contribution in [1.82, 2.24) is 14.7 Å². The molecular weight excluding hydrogens is 257 g/mol. The normalized spacial score (nSPS) is 18.4. The summed E-state index contributed by atoms with van der Waals surface area (Å²) in [5, 5.41) is 0. The second kappa shape index (κ2) is 6.33. The summed E-state index contributed by atoms with van der Waals surface area (Å²) in [6.45, 7) is 3.13. The first kappa shape index (κ1) is 14.9. The monoisotopic (exact) mass is 279 g/mol. The minimum atomic E-state index is -0.556. The summed E-state index contributed by atoms with van der Waals surface area (Å²) >= 11 is 0. The topological polar surface area (TPSA) is 26.8 Å². The number of carbonyl (C=O) groups excluding carboxylic acids is 1. The Morgan fingerprint density at radius 3 is 2.35 bits per heavy atom. The summed E-state index contributed by atoms with van der Waals surface area (Å²) in [5.74, 6) is -0.345. The number of hydrogen-bond donors (Lipinski definition) is 0. The van der Waals surface area contributed by atoms with E-state index in [0.717, 1.165) is 13.1 Å². The lowest BCUT2D eigenvalue weighted by atomic mass is 10.0. The van der Waals surface area contributed by atoms with Crippen molar-refractivity contribution < 1.29 is 9.18 Å². The highest BCUT2D eigenvalue weighted by atomic mass is 19.1. The first-order valence-electron chi connectivity index (χ1n) is 6.89. The molecule has 5 heteroatoms. The van der Waals surface area contributed by atoms with E-state index in [1.807, 2.05) is 26.0 Å². The molecule has 20 heavy (non-hydrogen) atoms. The molecule has 0 spiro atoms. The van der Waals surface area contributed by atoms with E-state index in [0.29, 0.717) is 18.7 Å². The lowest BCUT2D eigenvalue weighted by Crippen LogP contribution is -2.50. The molecule has 1 fully saturated rings. The smallest absolute Gasteiger partial charge is 0.244 e. The third-order valence-corrected chi connectivity index (χ3v) is 3.77. The van der Waals surface area contributed by atoms with Crippen LogP contribution < -0.4 is 0 Å². The summed E-state index contributed by atoms with van der Waals surface area (Å²) in [6, 6.07) is 5.95. The van der Waals surface area contributed by atoms with Gasteiger partial charge in [-0.15, -0.1) is 0 Å². The highest BCUT2D eigenvalue weighted by molar-refractivity contribution is 5.83. The Balaban J connectivity index is 2.21. The maximum absolute atomic E-state index is 14.0. The average Bonchev–Trinajstić information content (AvgIpc) is 2.41. The van der Waals surface area contributed by atoms with Crippen LogP contribution in [0.5, 0.6) is 0 Å². The van der Waals surface area contributed by atoms with E-state index in [2.05, 4.69) is 4.90 Å². The van der Waals surface area contributed by atoms with E-state index >= 15 is 0 Å². The third-order valence-electron chi connectivity index (χ3n) is 3.77. The van der Waals surface area contributed by atoms with Crippen LogP contribution >= 0.6 is 0 Å². The van der Waals surface area contributed by atoms with E-state index in [9.17, 15) is 9.18 Å². The van der Waals surface area contributed by atoms with Crippen molar-refractivity contribution in [2.45, 2.75) is 6.04 Å². The van der Waals surface area contributed by atoms with Gasteiger partial charge in [0, 0.05) is 31.7 Å². The number of nitrogens with zero attached hydrogens (tertiary/aromatic N) is 3. The maximum Gasteiger partial charge on any atom is 0.244 e. The minimum absolute atomic E-state index is 0.0202. The average molecular weight is 279 g/mol. The number of carbonyl (C=O) groups is 1. The number of benzene rings is 1. The van der Waals surface area contributed by atoms with Crippen LogP contribution in [0.15, 0.2) is 24.3 Å². The zero-order valence-corrected chi connectivity index (χ0v) is 12.3. The van der Waals surface area contributed by atoms with Crippen LogP contribution in [0.1, 0.15) is 11.6 Å². The summed E-state index contributed by atoms with van der Waals surface area (Å²) in [7, 11) is 5.66. The summed E-state index contributed by atoms with van der Waals surface area (Å²) in [5.41, 5.74) is 0.446. The van der Waals surface area contributed by atoms with Gasteiger partial charge in [0.1, 0.15) is 11.9 Å². The van der Waals surface area contributed by atoms with Crippen molar-refractivity contribution in [2.24, 2.45) is 0 Å². The molecule has 4 nitrogen and oxygen atoms in total. The lowest BCUT2D eigenvalue weighted by molar-refractivity contribution is -0.138. The van der Waals surface area contributed by atoms with Crippen molar-refractivity contribution in [2.75, 3.05) is 47.3 Å². The van der Waals surface area contributed by atoms with E-state index in [-0.39, 0.29) is 11.7 Å². The molecule has 0 N–H and O–H groups in total. The van der Waals surface area contributed by atoms with Crippen LogP contribution in [-0.2, 0) is 4.79 Å². The van der Waals surface area contributed by atoms with Crippen LogP contribution in [0.3, 0.4) is 0 Å². The zero-order valence-electron chi connectivity index (χ0n) is 12.3. The van der Waals surface area contributed by atoms with Gasteiger partial charge in [0.25, 0.3) is 0 Å². The molecule has 110 valence electrons. The first-order chi connectivity index (χ1) is 9.50. The molecule has 1 heterocycles. The molecule has 1 unspecified atom stereocenters. The van der Waals surface area contributed by atoms with Gasteiger partial charge in [0.15, 0.2) is 0 Å². The molecule has 1 atom stereocenters. The predicted molar refractivity (Wildman–Crippen MR) is 76.9 cm³/mol. The molecule has 1 aliphatic heterocycles. The predicted octanol–water partition coefficient (Wildman–Crippen LogP) is 1.20. The number of piperazine rings is 1. The second-order valence-electron chi connectivity index (χ2n) is 5.52. The standard InChI is InChI=1S/C15H22FN3O/c1-17(2)14(12-6-4-5-7-13(12)16)15(20)19-10-8-18(3)9-11-19/h4-7,14H,8-11H2,1-3H3. The fourth-order valence-electron chi connectivity index (χ4n) is 2.53. The van der Waals surface area contributed by atoms with Crippen molar-refractivity contribution in [3.05, 3.63) is 35.6 Å². The van der Waals surface area contributed by atoms with Crippen molar-refractivity contribution in [3.63, 3.8) is 0 Å². The number of amides is 1. The highest BCUT2D eigenvalue weighted by Crippen LogP contribution is 2.24. The van der Waals surface area contributed by atoms with Crippen LogP contribution in [0.4, 0.5) is 4.39 Å². The van der Waals surface area contributed by atoms with Gasteiger partial charge < -0.3 is 9.80 Å². The largest absolute Gasteiger partial charge is 0.338 e. The Hall–Kier alpha value is -1.46. The summed E-state index contributed by atoms with van der Waals surface area (Å²) < 4.78 is 14.0. The molecule has 1 saturated heterocycles. The molecule has 2 rings (SSSR count). The van der Waals surface area contributed by atoms with Gasteiger partial charge in [0.05, 0.1) is 0 Å². The third kappa shape index (κ3) is 3.16. The van der Waals surface area contributed by atoms with Crippen LogP contribution in [0, 0.1) is 5.82 Å². The number of halogens is 1. The Morgan fingerprint density at radius 2 is 1.80 bits per heavy atom. The molecule has 1 aromatic carbocycles. The van der Waals surface area contributed by atoms with Crippen molar-refractivity contribution in [1.29, 1.82) is 0 Å². The molecule has 0 radical (unpaired) electrons. The van der Waals surface area contributed by atoms with E-state index in [4.69, 9.17) is 0 Å². The van der Waals surface area contributed by atoms with Crippen LogP contribution in [0.25, 0.3) is 0 Å². The van der Waals surface area contributed by atoms with Gasteiger partial charge >= 0.3 is 0 Å². The van der Waals surface area contributed by atoms with Crippen molar-refractivity contribution in [3.8, 4) is 0 Å². The van der Waals surface area contributed by atoms with E-state index in [1.54, 1.807) is 23.1 Å². The molecule has 1 aromatic rings. The van der Waals surface area contributed by atoms with Gasteiger partial charge in [-0.1, -0.05) is 18.2 Å². The molecule has 1 amide bonds. The summed E-state index contributed by atoms with van der Waals surface area (Å²) in [4.78, 5) is 18.5. The number of hydrogen-bond acceptors (Lipinski definition) is 3.